The van der Waals surface area contributed by atoms with E-state index in [2.05, 4.69) is 4.72 Å². The lowest BCUT2D eigenvalue weighted by Crippen LogP contribution is -2.40. The monoisotopic (exact) mass is 374 g/mol. The van der Waals surface area contributed by atoms with E-state index in [9.17, 15) is 13.2 Å². The van der Waals surface area contributed by atoms with Gasteiger partial charge in [0.15, 0.2) is 0 Å². The third-order valence-corrected chi connectivity index (χ3v) is 5.68. The molecule has 1 heterocycles. The average molecular weight is 374 g/mol. The Hall–Kier alpha value is -2.38. The summed E-state index contributed by atoms with van der Waals surface area (Å²) in [6.07, 6.45) is 0. The Morgan fingerprint density at radius 1 is 1.08 bits per heavy atom. The van der Waals surface area contributed by atoms with E-state index >= 15 is 0 Å². The van der Waals surface area contributed by atoms with E-state index in [1.54, 1.807) is 23.1 Å². The Morgan fingerprint density at radius 2 is 1.81 bits per heavy atom. The summed E-state index contributed by atoms with van der Waals surface area (Å²) in [6, 6.07) is 11.6. The summed E-state index contributed by atoms with van der Waals surface area (Å²) >= 11 is 0. The number of nitrogens with zero attached hydrogens (tertiary/aromatic N) is 1. The first-order valence-corrected chi connectivity index (χ1v) is 9.92. The quantitative estimate of drug-likeness (QED) is 0.892. The van der Waals surface area contributed by atoms with E-state index in [0.717, 1.165) is 11.1 Å². The van der Waals surface area contributed by atoms with Crippen molar-refractivity contribution in [3.8, 4) is 0 Å². The second-order valence-corrected chi connectivity index (χ2v) is 8.04. The molecule has 0 saturated carbocycles. The molecule has 1 aliphatic heterocycles. The third-order valence-electron chi connectivity index (χ3n) is 4.32. The summed E-state index contributed by atoms with van der Waals surface area (Å²) in [4.78, 5) is 14.3. The molecule has 1 amide bonds. The van der Waals surface area contributed by atoms with Crippen molar-refractivity contribution >= 4 is 21.6 Å². The molecule has 0 aromatic heterocycles. The molecule has 1 aliphatic rings. The average Bonchev–Trinajstić information content (AvgIpc) is 2.64. The molecule has 1 N–H and O–H groups in total. The molecule has 2 aromatic carbocycles. The standard InChI is InChI=1S/C19H22N2O4S/c1-14-6-7-18(15(2)12-14)20-26(23,24)17-5-3-4-16(13-17)19(22)21-8-10-25-11-9-21/h3-7,12-13,20H,8-11H2,1-2H3. The summed E-state index contributed by atoms with van der Waals surface area (Å²) in [7, 11) is -3.78. The lowest BCUT2D eigenvalue weighted by Gasteiger charge is -2.27. The van der Waals surface area contributed by atoms with Crippen molar-refractivity contribution in [2.45, 2.75) is 18.7 Å². The number of amides is 1. The Kier molecular flexibility index (Phi) is 5.29. The smallest absolute Gasteiger partial charge is 0.261 e. The molecule has 0 spiro atoms. The first kappa shape index (κ1) is 18.4. The van der Waals surface area contributed by atoms with Gasteiger partial charge < -0.3 is 9.64 Å². The summed E-state index contributed by atoms with van der Waals surface area (Å²) in [6.45, 7) is 5.82. The number of carbonyl (C=O) groups is 1. The molecule has 7 heteroatoms. The number of benzene rings is 2. The van der Waals surface area contributed by atoms with Gasteiger partial charge in [0.25, 0.3) is 15.9 Å². The van der Waals surface area contributed by atoms with Crippen molar-refractivity contribution in [2.24, 2.45) is 0 Å². The lowest BCUT2D eigenvalue weighted by atomic mass is 10.1. The molecule has 0 unspecified atom stereocenters. The van der Waals surface area contributed by atoms with Crippen molar-refractivity contribution < 1.29 is 17.9 Å². The third kappa shape index (κ3) is 4.05. The number of carbonyl (C=O) groups excluding carboxylic acids is 1. The van der Waals surface area contributed by atoms with Crippen LogP contribution >= 0.6 is 0 Å². The first-order valence-electron chi connectivity index (χ1n) is 8.44. The lowest BCUT2D eigenvalue weighted by molar-refractivity contribution is 0.0302. The van der Waals surface area contributed by atoms with Gasteiger partial charge >= 0.3 is 0 Å². The number of aryl methyl sites for hydroxylation is 2. The van der Waals surface area contributed by atoms with E-state index in [1.807, 2.05) is 26.0 Å². The van der Waals surface area contributed by atoms with Crippen molar-refractivity contribution in [2.75, 3.05) is 31.0 Å². The molecule has 1 fully saturated rings. The normalized spacial score (nSPS) is 14.9. The van der Waals surface area contributed by atoms with Crippen molar-refractivity contribution in [3.63, 3.8) is 0 Å². The Labute approximate surface area is 153 Å². The molecule has 0 bridgehead atoms. The second-order valence-electron chi connectivity index (χ2n) is 6.36. The molecule has 0 aliphatic carbocycles. The largest absolute Gasteiger partial charge is 0.378 e. The van der Waals surface area contributed by atoms with Gasteiger partial charge in [0.1, 0.15) is 0 Å². The van der Waals surface area contributed by atoms with Crippen LogP contribution in [0.2, 0.25) is 0 Å². The summed E-state index contributed by atoms with van der Waals surface area (Å²) < 4.78 is 33.3. The topological polar surface area (TPSA) is 75.7 Å². The number of rotatable bonds is 4. The predicted molar refractivity (Wildman–Crippen MR) is 99.9 cm³/mol. The van der Waals surface area contributed by atoms with Gasteiger partial charge in [-0.2, -0.15) is 0 Å². The summed E-state index contributed by atoms with van der Waals surface area (Å²) in [5, 5.41) is 0. The SMILES string of the molecule is Cc1ccc(NS(=O)(=O)c2cccc(C(=O)N3CCOCC3)c2)c(C)c1. The van der Waals surface area contributed by atoms with E-state index < -0.39 is 10.0 Å². The van der Waals surface area contributed by atoms with Crippen LogP contribution in [0.1, 0.15) is 21.5 Å². The maximum atomic E-state index is 12.7. The Balaban J connectivity index is 1.85. The van der Waals surface area contributed by atoms with Crippen molar-refractivity contribution in [1.29, 1.82) is 0 Å². The predicted octanol–water partition coefficient (Wildman–Crippen LogP) is 2.58. The summed E-state index contributed by atoms with van der Waals surface area (Å²) in [5.41, 5.74) is 2.79. The van der Waals surface area contributed by atoms with Crippen molar-refractivity contribution in [3.05, 3.63) is 59.2 Å². The first-order chi connectivity index (χ1) is 12.4. The number of hydrogen-bond acceptors (Lipinski definition) is 4. The molecule has 0 radical (unpaired) electrons. The maximum Gasteiger partial charge on any atom is 0.261 e. The van der Waals surface area contributed by atoms with E-state index in [-0.39, 0.29) is 10.8 Å². The highest BCUT2D eigenvalue weighted by molar-refractivity contribution is 7.92. The minimum Gasteiger partial charge on any atom is -0.378 e. The van der Waals surface area contributed by atoms with Crippen LogP contribution in [0.3, 0.4) is 0 Å². The number of nitrogens with one attached hydrogen (secondary N) is 1. The summed E-state index contributed by atoms with van der Waals surface area (Å²) in [5.74, 6) is -0.183. The highest BCUT2D eigenvalue weighted by Crippen LogP contribution is 2.22. The fourth-order valence-corrected chi connectivity index (χ4v) is 4.05. The van der Waals surface area contributed by atoms with E-state index in [4.69, 9.17) is 4.74 Å². The number of ether oxygens (including phenoxy) is 1. The van der Waals surface area contributed by atoms with E-state index in [1.165, 1.54) is 12.1 Å². The minimum atomic E-state index is -3.78. The molecule has 2 aromatic rings. The van der Waals surface area contributed by atoms with Gasteiger partial charge in [-0.3, -0.25) is 9.52 Å². The number of hydrogen-bond donors (Lipinski definition) is 1. The van der Waals surface area contributed by atoms with Crippen LogP contribution in [0, 0.1) is 13.8 Å². The number of sulfonamides is 1. The van der Waals surface area contributed by atoms with Gasteiger partial charge in [-0.25, -0.2) is 8.42 Å². The maximum absolute atomic E-state index is 12.7. The van der Waals surface area contributed by atoms with Crippen LogP contribution < -0.4 is 4.72 Å². The molecule has 26 heavy (non-hydrogen) atoms. The highest BCUT2D eigenvalue weighted by atomic mass is 32.2. The fraction of sp³-hybridized carbons (Fsp3) is 0.316. The van der Waals surface area contributed by atoms with Gasteiger partial charge in [0, 0.05) is 18.7 Å². The van der Waals surface area contributed by atoms with Gasteiger partial charge in [-0.15, -0.1) is 0 Å². The van der Waals surface area contributed by atoms with Gasteiger partial charge in [0.2, 0.25) is 0 Å². The molecular formula is C19H22N2O4S. The van der Waals surface area contributed by atoms with Crippen LogP contribution in [0.25, 0.3) is 0 Å². The van der Waals surface area contributed by atoms with Gasteiger partial charge in [-0.05, 0) is 43.7 Å². The molecule has 0 atom stereocenters. The van der Waals surface area contributed by atoms with Crippen LogP contribution in [0.5, 0.6) is 0 Å². The molecule has 3 rings (SSSR count). The molecular weight excluding hydrogens is 352 g/mol. The number of anilines is 1. The van der Waals surface area contributed by atoms with E-state index in [0.29, 0.717) is 37.6 Å². The molecule has 6 nitrogen and oxygen atoms in total. The Morgan fingerprint density at radius 3 is 2.50 bits per heavy atom. The van der Waals surface area contributed by atoms with Crippen LogP contribution in [-0.4, -0.2) is 45.5 Å². The number of morpholine rings is 1. The van der Waals surface area contributed by atoms with Gasteiger partial charge in [0.05, 0.1) is 23.8 Å². The molecule has 138 valence electrons. The highest BCUT2D eigenvalue weighted by Gasteiger charge is 2.21. The van der Waals surface area contributed by atoms with Crippen LogP contribution in [-0.2, 0) is 14.8 Å². The minimum absolute atomic E-state index is 0.0663. The second kappa shape index (κ2) is 7.47. The zero-order valence-corrected chi connectivity index (χ0v) is 15.7. The van der Waals surface area contributed by atoms with Crippen LogP contribution in [0.15, 0.2) is 47.4 Å². The zero-order valence-electron chi connectivity index (χ0n) is 14.9. The van der Waals surface area contributed by atoms with Crippen LogP contribution in [0.4, 0.5) is 5.69 Å². The molecule has 1 saturated heterocycles. The fourth-order valence-electron chi connectivity index (χ4n) is 2.88. The van der Waals surface area contributed by atoms with Crippen molar-refractivity contribution in [1.82, 2.24) is 4.90 Å². The van der Waals surface area contributed by atoms with Gasteiger partial charge in [-0.1, -0.05) is 23.8 Å². The Bertz CT molecular complexity index is 919. The zero-order chi connectivity index (χ0) is 18.7.